The van der Waals surface area contributed by atoms with E-state index in [0.717, 1.165) is 12.1 Å². The van der Waals surface area contributed by atoms with Crippen molar-refractivity contribution in [2.24, 2.45) is 7.05 Å². The fraction of sp³-hybridized carbons (Fsp3) is 0.800. The second kappa shape index (κ2) is 6.17. The lowest BCUT2D eigenvalue weighted by molar-refractivity contribution is 0.649. The van der Waals surface area contributed by atoms with E-state index in [0.29, 0.717) is 4.83 Å². The Morgan fingerprint density at radius 1 is 1.50 bits per heavy atom. The molecule has 3 nitrogen and oxygen atoms in total. The SMILES string of the molecule is CCCC(Br)CCCc1cn(C)nn1. The van der Waals surface area contributed by atoms with Gasteiger partial charge in [0.05, 0.1) is 5.69 Å². The van der Waals surface area contributed by atoms with Crippen LogP contribution in [-0.2, 0) is 13.5 Å². The molecule has 0 bridgehead atoms. The molecule has 0 fully saturated rings. The summed E-state index contributed by atoms with van der Waals surface area (Å²) >= 11 is 3.68. The Balaban J connectivity index is 2.15. The Hall–Kier alpha value is -0.380. The van der Waals surface area contributed by atoms with Crippen molar-refractivity contribution in [3.63, 3.8) is 0 Å². The number of hydrogen-bond donors (Lipinski definition) is 0. The summed E-state index contributed by atoms with van der Waals surface area (Å²) in [4.78, 5) is 0.671. The zero-order valence-corrected chi connectivity index (χ0v) is 10.5. The molecule has 0 aliphatic carbocycles. The summed E-state index contributed by atoms with van der Waals surface area (Å²) in [6.45, 7) is 2.22. The first-order valence-electron chi connectivity index (χ1n) is 5.21. The predicted molar refractivity (Wildman–Crippen MR) is 61.6 cm³/mol. The molecule has 0 spiro atoms. The maximum absolute atomic E-state index is 4.06. The van der Waals surface area contributed by atoms with E-state index >= 15 is 0 Å². The Morgan fingerprint density at radius 3 is 2.86 bits per heavy atom. The number of aromatic nitrogens is 3. The van der Waals surface area contributed by atoms with Crippen LogP contribution in [0.3, 0.4) is 0 Å². The number of hydrogen-bond acceptors (Lipinski definition) is 2. The maximum Gasteiger partial charge on any atom is 0.0827 e. The first-order chi connectivity index (χ1) is 6.72. The third kappa shape index (κ3) is 4.22. The van der Waals surface area contributed by atoms with Gasteiger partial charge in [-0.25, -0.2) is 0 Å². The van der Waals surface area contributed by atoms with Crippen LogP contribution >= 0.6 is 15.9 Å². The lowest BCUT2D eigenvalue weighted by Gasteiger charge is -2.06. The first kappa shape index (κ1) is 11.7. The highest BCUT2D eigenvalue weighted by molar-refractivity contribution is 9.09. The van der Waals surface area contributed by atoms with E-state index in [1.807, 2.05) is 13.2 Å². The lowest BCUT2D eigenvalue weighted by Crippen LogP contribution is -1.98. The number of alkyl halides is 1. The van der Waals surface area contributed by atoms with Crippen LogP contribution in [0.2, 0.25) is 0 Å². The molecular formula is C10H18BrN3. The monoisotopic (exact) mass is 259 g/mol. The summed E-state index contributed by atoms with van der Waals surface area (Å²) in [5.74, 6) is 0. The Labute approximate surface area is 94.0 Å². The van der Waals surface area contributed by atoms with Gasteiger partial charge in [-0.15, -0.1) is 5.10 Å². The molecule has 80 valence electrons. The second-order valence-electron chi connectivity index (χ2n) is 3.66. The summed E-state index contributed by atoms with van der Waals surface area (Å²) in [7, 11) is 1.90. The molecule has 1 atom stereocenters. The van der Waals surface area contributed by atoms with Crippen molar-refractivity contribution in [3.8, 4) is 0 Å². The molecule has 0 saturated heterocycles. The highest BCUT2D eigenvalue weighted by Gasteiger charge is 2.03. The molecule has 1 unspecified atom stereocenters. The van der Waals surface area contributed by atoms with Crippen LogP contribution in [0.5, 0.6) is 0 Å². The number of rotatable bonds is 6. The van der Waals surface area contributed by atoms with Gasteiger partial charge in [-0.2, -0.15) is 0 Å². The Kier molecular flexibility index (Phi) is 5.15. The van der Waals surface area contributed by atoms with Gasteiger partial charge < -0.3 is 0 Å². The molecule has 0 amide bonds. The molecular weight excluding hydrogens is 242 g/mol. The third-order valence-electron chi connectivity index (χ3n) is 2.20. The van der Waals surface area contributed by atoms with Crippen LogP contribution in [0, 0.1) is 0 Å². The van der Waals surface area contributed by atoms with Crippen molar-refractivity contribution in [2.75, 3.05) is 0 Å². The number of halogens is 1. The average molecular weight is 260 g/mol. The van der Waals surface area contributed by atoms with Gasteiger partial charge in [0.15, 0.2) is 0 Å². The third-order valence-corrected chi connectivity index (χ3v) is 3.12. The van der Waals surface area contributed by atoms with Gasteiger partial charge in [-0.3, -0.25) is 4.68 Å². The highest BCUT2D eigenvalue weighted by Crippen LogP contribution is 2.15. The molecule has 0 aliphatic heterocycles. The molecule has 0 aliphatic rings. The van der Waals surface area contributed by atoms with Gasteiger partial charge in [0.2, 0.25) is 0 Å². The van der Waals surface area contributed by atoms with Gasteiger partial charge in [-0.1, -0.05) is 34.5 Å². The quantitative estimate of drug-likeness (QED) is 0.736. The van der Waals surface area contributed by atoms with Crippen molar-refractivity contribution in [2.45, 2.75) is 43.9 Å². The van der Waals surface area contributed by atoms with Crippen molar-refractivity contribution in [1.29, 1.82) is 0 Å². The zero-order valence-electron chi connectivity index (χ0n) is 8.91. The number of nitrogens with zero attached hydrogens (tertiary/aromatic N) is 3. The molecule has 1 heterocycles. The second-order valence-corrected chi connectivity index (χ2v) is 4.96. The van der Waals surface area contributed by atoms with Gasteiger partial charge in [0.1, 0.15) is 0 Å². The number of aryl methyl sites for hydroxylation is 2. The summed E-state index contributed by atoms with van der Waals surface area (Å²) in [6, 6.07) is 0. The van der Waals surface area contributed by atoms with Crippen LogP contribution in [0.1, 0.15) is 38.3 Å². The smallest absolute Gasteiger partial charge is 0.0827 e. The lowest BCUT2D eigenvalue weighted by atomic mass is 10.1. The van der Waals surface area contributed by atoms with Gasteiger partial charge in [0.25, 0.3) is 0 Å². The van der Waals surface area contributed by atoms with Gasteiger partial charge in [-0.05, 0) is 25.7 Å². The first-order valence-corrected chi connectivity index (χ1v) is 6.13. The van der Waals surface area contributed by atoms with Crippen LogP contribution in [-0.4, -0.2) is 19.8 Å². The van der Waals surface area contributed by atoms with Gasteiger partial charge in [0, 0.05) is 18.1 Å². The molecule has 0 radical (unpaired) electrons. The summed E-state index contributed by atoms with van der Waals surface area (Å²) in [5.41, 5.74) is 1.10. The summed E-state index contributed by atoms with van der Waals surface area (Å²) in [6.07, 6.45) is 7.96. The normalized spacial score (nSPS) is 13.1. The molecule has 0 aromatic carbocycles. The van der Waals surface area contributed by atoms with Crippen molar-refractivity contribution < 1.29 is 0 Å². The molecule has 1 rings (SSSR count). The van der Waals surface area contributed by atoms with E-state index in [4.69, 9.17) is 0 Å². The molecule has 1 aromatic rings. The molecule has 0 saturated carbocycles. The Morgan fingerprint density at radius 2 is 2.29 bits per heavy atom. The van der Waals surface area contributed by atoms with E-state index in [2.05, 4.69) is 33.2 Å². The van der Waals surface area contributed by atoms with E-state index < -0.39 is 0 Å². The minimum atomic E-state index is 0.671. The zero-order chi connectivity index (χ0) is 10.4. The largest absolute Gasteiger partial charge is 0.255 e. The van der Waals surface area contributed by atoms with E-state index in [9.17, 15) is 0 Å². The van der Waals surface area contributed by atoms with Crippen molar-refractivity contribution in [1.82, 2.24) is 15.0 Å². The minimum absolute atomic E-state index is 0.671. The summed E-state index contributed by atoms with van der Waals surface area (Å²) in [5, 5.41) is 7.96. The molecule has 4 heteroatoms. The van der Waals surface area contributed by atoms with E-state index in [1.165, 1.54) is 25.7 Å². The van der Waals surface area contributed by atoms with Crippen LogP contribution < -0.4 is 0 Å². The van der Waals surface area contributed by atoms with Crippen LogP contribution in [0.25, 0.3) is 0 Å². The van der Waals surface area contributed by atoms with E-state index in [-0.39, 0.29) is 0 Å². The topological polar surface area (TPSA) is 30.7 Å². The predicted octanol–water partition coefficient (Wildman–Crippen LogP) is 2.70. The van der Waals surface area contributed by atoms with E-state index in [1.54, 1.807) is 4.68 Å². The molecule has 0 N–H and O–H groups in total. The fourth-order valence-electron chi connectivity index (χ4n) is 1.47. The Bertz CT molecular complexity index is 260. The molecule has 14 heavy (non-hydrogen) atoms. The van der Waals surface area contributed by atoms with Crippen molar-refractivity contribution in [3.05, 3.63) is 11.9 Å². The standard InChI is InChI=1S/C10H18BrN3/c1-3-5-9(11)6-4-7-10-8-14(2)13-12-10/h8-9H,3-7H2,1-2H3. The van der Waals surface area contributed by atoms with Crippen LogP contribution in [0.4, 0.5) is 0 Å². The molecule has 1 aromatic heterocycles. The van der Waals surface area contributed by atoms with Crippen molar-refractivity contribution >= 4 is 15.9 Å². The maximum atomic E-state index is 4.06. The minimum Gasteiger partial charge on any atom is -0.255 e. The van der Waals surface area contributed by atoms with Crippen LogP contribution in [0.15, 0.2) is 6.20 Å². The highest BCUT2D eigenvalue weighted by atomic mass is 79.9. The average Bonchev–Trinajstić information content (AvgIpc) is 2.52. The van der Waals surface area contributed by atoms with Gasteiger partial charge >= 0.3 is 0 Å². The fourth-order valence-corrected chi connectivity index (χ4v) is 2.25. The summed E-state index contributed by atoms with van der Waals surface area (Å²) < 4.78 is 1.76.